The summed E-state index contributed by atoms with van der Waals surface area (Å²) in [4.78, 5) is 4.67. The Bertz CT molecular complexity index is 450. The van der Waals surface area contributed by atoms with E-state index in [2.05, 4.69) is 65.3 Å². The highest BCUT2D eigenvalue weighted by atomic mass is 79.9. The molecule has 0 unspecified atom stereocenters. The Labute approximate surface area is 105 Å². The van der Waals surface area contributed by atoms with Crippen LogP contribution in [0.4, 0.5) is 0 Å². The van der Waals surface area contributed by atoms with Gasteiger partial charge in [0.1, 0.15) is 11.9 Å². The molecule has 0 spiro atoms. The van der Waals surface area contributed by atoms with Gasteiger partial charge in [-0.25, -0.2) is 0 Å². The van der Waals surface area contributed by atoms with Crippen LogP contribution in [-0.2, 0) is 0 Å². The lowest BCUT2D eigenvalue weighted by Gasteiger charge is -2.13. The van der Waals surface area contributed by atoms with Crippen molar-refractivity contribution in [2.24, 2.45) is 10.4 Å². The van der Waals surface area contributed by atoms with Gasteiger partial charge in [-0.05, 0) is 32.9 Å². The number of nitrogens with zero attached hydrogens (tertiary/aromatic N) is 1. The molecule has 0 amide bonds. The first-order chi connectivity index (χ1) is 7.47. The van der Waals surface area contributed by atoms with E-state index in [-0.39, 0.29) is 5.41 Å². The first-order valence-corrected chi connectivity index (χ1v) is 6.16. The molecule has 0 bridgehead atoms. The number of amidine groups is 1. The molecule has 0 saturated heterocycles. The fourth-order valence-electron chi connectivity index (χ4n) is 1.56. The molecule has 3 heteroatoms. The second-order valence-corrected chi connectivity index (χ2v) is 5.89. The molecule has 0 fully saturated rings. The molecule has 0 aromatic heterocycles. The zero-order valence-electron chi connectivity index (χ0n) is 9.79. The standard InChI is InChI=1S/C13H15BrN2/c1-13(2,3)12-15-8-11(16-12)9-4-6-10(14)7-5-9/h4-8H,1-3H3,(H,15,16)/p+1. The molecular weight excluding hydrogens is 264 g/mol. The molecule has 1 aliphatic heterocycles. The monoisotopic (exact) mass is 279 g/mol. The molecule has 0 radical (unpaired) electrons. The Morgan fingerprint density at radius 1 is 1.12 bits per heavy atom. The fraction of sp³-hybridized carbons (Fsp3) is 0.308. The van der Waals surface area contributed by atoms with Gasteiger partial charge in [0.2, 0.25) is 5.84 Å². The zero-order chi connectivity index (χ0) is 11.8. The topological polar surface area (TPSA) is 29.0 Å². The number of nitrogens with two attached hydrogens (primary N) is 1. The first-order valence-electron chi connectivity index (χ1n) is 5.37. The van der Waals surface area contributed by atoms with Gasteiger partial charge in [0.05, 0.1) is 5.41 Å². The Morgan fingerprint density at radius 2 is 1.75 bits per heavy atom. The van der Waals surface area contributed by atoms with Crippen molar-refractivity contribution in [1.29, 1.82) is 0 Å². The molecular formula is C13H16BrN2+. The second kappa shape index (κ2) is 4.15. The minimum absolute atomic E-state index is 0.119. The van der Waals surface area contributed by atoms with Crippen LogP contribution < -0.4 is 5.32 Å². The van der Waals surface area contributed by atoms with Gasteiger partial charge in [0, 0.05) is 10.0 Å². The van der Waals surface area contributed by atoms with Crippen LogP contribution in [0.25, 0.3) is 5.70 Å². The van der Waals surface area contributed by atoms with Gasteiger partial charge >= 0.3 is 0 Å². The van der Waals surface area contributed by atoms with Crippen molar-refractivity contribution >= 4 is 27.5 Å². The number of aliphatic imine (C=N–C) groups is 1. The van der Waals surface area contributed by atoms with Crippen LogP contribution in [-0.4, -0.2) is 5.84 Å². The number of hydrogen-bond acceptors (Lipinski definition) is 1. The minimum atomic E-state index is 0.119. The molecule has 2 rings (SSSR count). The zero-order valence-corrected chi connectivity index (χ0v) is 11.4. The van der Waals surface area contributed by atoms with Crippen molar-refractivity contribution in [3.63, 3.8) is 0 Å². The third-order valence-electron chi connectivity index (χ3n) is 2.55. The molecule has 1 aliphatic rings. The van der Waals surface area contributed by atoms with Crippen molar-refractivity contribution in [3.8, 4) is 0 Å². The normalized spacial score (nSPS) is 16.0. The predicted molar refractivity (Wildman–Crippen MR) is 70.9 cm³/mol. The number of benzene rings is 1. The van der Waals surface area contributed by atoms with E-state index in [0.29, 0.717) is 0 Å². The van der Waals surface area contributed by atoms with Crippen molar-refractivity contribution in [1.82, 2.24) is 0 Å². The van der Waals surface area contributed by atoms with E-state index in [1.807, 2.05) is 12.1 Å². The molecule has 84 valence electrons. The van der Waals surface area contributed by atoms with Crippen molar-refractivity contribution < 1.29 is 5.32 Å². The van der Waals surface area contributed by atoms with E-state index in [0.717, 1.165) is 16.0 Å². The predicted octanol–water partition coefficient (Wildman–Crippen LogP) is 2.77. The molecule has 2 nitrogen and oxygen atoms in total. The molecule has 0 atom stereocenters. The SMILES string of the molecule is CC(C)(C)C1=NC(c2ccc(Br)cc2)=C[NH2+]1. The lowest BCUT2D eigenvalue weighted by Crippen LogP contribution is -2.83. The molecule has 0 aliphatic carbocycles. The summed E-state index contributed by atoms with van der Waals surface area (Å²) in [5.74, 6) is 1.14. The summed E-state index contributed by atoms with van der Waals surface area (Å²) in [6.07, 6.45) is 2.09. The Morgan fingerprint density at radius 3 is 2.25 bits per heavy atom. The summed E-state index contributed by atoms with van der Waals surface area (Å²) in [6.45, 7) is 6.54. The molecule has 16 heavy (non-hydrogen) atoms. The van der Waals surface area contributed by atoms with Gasteiger partial charge < -0.3 is 0 Å². The highest BCUT2D eigenvalue weighted by Gasteiger charge is 2.27. The van der Waals surface area contributed by atoms with E-state index in [4.69, 9.17) is 0 Å². The number of halogens is 1. The summed E-state index contributed by atoms with van der Waals surface area (Å²) < 4.78 is 1.10. The minimum Gasteiger partial charge on any atom is -0.273 e. The summed E-state index contributed by atoms with van der Waals surface area (Å²) in [5, 5.41) is 2.11. The van der Waals surface area contributed by atoms with Gasteiger partial charge in [0.25, 0.3) is 0 Å². The van der Waals surface area contributed by atoms with Crippen LogP contribution in [0.5, 0.6) is 0 Å². The van der Waals surface area contributed by atoms with Gasteiger partial charge in [-0.2, -0.15) is 4.99 Å². The van der Waals surface area contributed by atoms with Crippen molar-refractivity contribution in [2.45, 2.75) is 20.8 Å². The molecule has 1 aromatic carbocycles. The van der Waals surface area contributed by atoms with Crippen LogP contribution in [0, 0.1) is 5.41 Å². The second-order valence-electron chi connectivity index (χ2n) is 4.97. The quantitative estimate of drug-likeness (QED) is 0.819. The highest BCUT2D eigenvalue weighted by molar-refractivity contribution is 9.10. The maximum Gasteiger partial charge on any atom is 0.210 e. The van der Waals surface area contributed by atoms with Crippen LogP contribution in [0.15, 0.2) is 39.9 Å². The highest BCUT2D eigenvalue weighted by Crippen LogP contribution is 2.22. The first kappa shape index (κ1) is 11.6. The Balaban J connectivity index is 2.25. The van der Waals surface area contributed by atoms with E-state index in [9.17, 15) is 0 Å². The average Bonchev–Trinajstić information content (AvgIpc) is 2.67. The van der Waals surface area contributed by atoms with Gasteiger partial charge in [-0.1, -0.05) is 28.1 Å². The molecule has 2 N–H and O–H groups in total. The fourth-order valence-corrected chi connectivity index (χ4v) is 1.83. The maximum atomic E-state index is 4.67. The van der Waals surface area contributed by atoms with E-state index in [1.165, 1.54) is 5.56 Å². The summed E-state index contributed by atoms with van der Waals surface area (Å²) in [7, 11) is 0. The van der Waals surface area contributed by atoms with Gasteiger partial charge in [-0.15, -0.1) is 0 Å². The Kier molecular flexibility index (Phi) is 3.00. The largest absolute Gasteiger partial charge is 0.273 e. The van der Waals surface area contributed by atoms with E-state index in [1.54, 1.807) is 0 Å². The van der Waals surface area contributed by atoms with Gasteiger partial charge in [-0.3, -0.25) is 5.32 Å². The van der Waals surface area contributed by atoms with Crippen molar-refractivity contribution in [2.75, 3.05) is 0 Å². The van der Waals surface area contributed by atoms with E-state index >= 15 is 0 Å². The third kappa shape index (κ3) is 2.42. The van der Waals surface area contributed by atoms with Crippen LogP contribution in [0.3, 0.4) is 0 Å². The van der Waals surface area contributed by atoms with E-state index < -0.39 is 0 Å². The van der Waals surface area contributed by atoms with Crippen LogP contribution in [0.1, 0.15) is 26.3 Å². The van der Waals surface area contributed by atoms with Gasteiger partial charge in [0.15, 0.2) is 0 Å². The number of hydrogen-bond donors (Lipinski definition) is 1. The molecule has 1 aromatic rings. The van der Waals surface area contributed by atoms with Crippen LogP contribution >= 0.6 is 15.9 Å². The summed E-state index contributed by atoms with van der Waals surface area (Å²) in [5.41, 5.74) is 2.34. The lowest BCUT2D eigenvalue weighted by molar-refractivity contribution is -0.465. The molecule has 0 saturated carbocycles. The summed E-state index contributed by atoms with van der Waals surface area (Å²) >= 11 is 3.43. The smallest absolute Gasteiger partial charge is 0.210 e. The third-order valence-corrected chi connectivity index (χ3v) is 3.08. The van der Waals surface area contributed by atoms with Crippen molar-refractivity contribution in [3.05, 3.63) is 40.5 Å². The van der Waals surface area contributed by atoms with Crippen LogP contribution in [0.2, 0.25) is 0 Å². The number of quaternary nitrogens is 1. The summed E-state index contributed by atoms with van der Waals surface area (Å²) in [6, 6.07) is 8.25. The lowest BCUT2D eigenvalue weighted by atomic mass is 9.95. The molecule has 1 heterocycles. The Hall–Kier alpha value is -0.930. The average molecular weight is 280 g/mol. The number of rotatable bonds is 1. The maximum absolute atomic E-state index is 4.67.